The van der Waals surface area contributed by atoms with E-state index in [1.807, 2.05) is 32.9 Å². The fraction of sp³-hybridized carbons (Fsp3) is 0.364. The molecular formula is C11H16O2. The third-order valence-corrected chi connectivity index (χ3v) is 1.53. The Kier molecular flexibility index (Phi) is 5.60. The second-order valence-electron chi connectivity index (χ2n) is 2.86. The lowest BCUT2D eigenvalue weighted by molar-refractivity contribution is -0.107. The summed E-state index contributed by atoms with van der Waals surface area (Å²) in [5.74, 6) is 0.384. The second kappa shape index (κ2) is 6.23. The zero-order valence-corrected chi connectivity index (χ0v) is 8.37. The minimum absolute atomic E-state index is 0.384. The zero-order valence-electron chi connectivity index (χ0n) is 8.37. The van der Waals surface area contributed by atoms with Crippen LogP contribution in [0, 0.1) is 13.8 Å². The minimum atomic E-state index is 0.384. The molecule has 0 aliphatic rings. The van der Waals surface area contributed by atoms with Gasteiger partial charge in [0, 0.05) is 6.42 Å². The normalized spacial score (nSPS) is 8.54. The summed E-state index contributed by atoms with van der Waals surface area (Å²) in [5.41, 5.74) is 2.03. The molecule has 1 rings (SSSR count). The van der Waals surface area contributed by atoms with E-state index in [1.54, 1.807) is 6.07 Å². The van der Waals surface area contributed by atoms with E-state index in [9.17, 15) is 4.79 Å². The van der Waals surface area contributed by atoms with Crippen LogP contribution in [0.15, 0.2) is 18.2 Å². The van der Waals surface area contributed by atoms with Gasteiger partial charge >= 0.3 is 0 Å². The molecule has 0 unspecified atom stereocenters. The van der Waals surface area contributed by atoms with Crippen molar-refractivity contribution in [2.24, 2.45) is 0 Å². The third-order valence-electron chi connectivity index (χ3n) is 1.53. The lowest BCUT2D eigenvalue weighted by Crippen LogP contribution is -1.74. The fourth-order valence-corrected chi connectivity index (χ4v) is 0.719. The van der Waals surface area contributed by atoms with Crippen molar-refractivity contribution in [2.75, 3.05) is 0 Å². The average Bonchev–Trinajstić information content (AvgIpc) is 2.12. The first-order valence-electron chi connectivity index (χ1n) is 4.31. The maximum absolute atomic E-state index is 9.17. The van der Waals surface area contributed by atoms with Crippen molar-refractivity contribution >= 4 is 6.29 Å². The molecule has 1 aromatic rings. The lowest BCUT2D eigenvalue weighted by atomic mass is 10.1. The van der Waals surface area contributed by atoms with Crippen molar-refractivity contribution in [1.82, 2.24) is 0 Å². The van der Waals surface area contributed by atoms with Crippen molar-refractivity contribution in [3.05, 3.63) is 29.3 Å². The van der Waals surface area contributed by atoms with Crippen molar-refractivity contribution in [1.29, 1.82) is 0 Å². The lowest BCUT2D eigenvalue weighted by Gasteiger charge is -1.97. The summed E-state index contributed by atoms with van der Waals surface area (Å²) in [4.78, 5) is 9.17. The molecule has 72 valence electrons. The van der Waals surface area contributed by atoms with E-state index in [0.29, 0.717) is 12.2 Å². The van der Waals surface area contributed by atoms with E-state index in [-0.39, 0.29) is 0 Å². The molecule has 1 N–H and O–H groups in total. The molecule has 0 atom stereocenters. The van der Waals surface area contributed by atoms with Crippen molar-refractivity contribution in [3.63, 3.8) is 0 Å². The van der Waals surface area contributed by atoms with Gasteiger partial charge < -0.3 is 9.90 Å². The van der Waals surface area contributed by atoms with Crippen molar-refractivity contribution < 1.29 is 9.90 Å². The Hall–Kier alpha value is -1.31. The van der Waals surface area contributed by atoms with Crippen LogP contribution in [0.5, 0.6) is 5.75 Å². The number of phenolic OH excluding ortho intramolecular Hbond substituents is 1. The quantitative estimate of drug-likeness (QED) is 0.674. The van der Waals surface area contributed by atoms with Crippen LogP contribution in [-0.2, 0) is 4.79 Å². The molecule has 0 aliphatic carbocycles. The van der Waals surface area contributed by atoms with Gasteiger partial charge in [0.15, 0.2) is 0 Å². The van der Waals surface area contributed by atoms with Crippen LogP contribution in [0.2, 0.25) is 0 Å². The van der Waals surface area contributed by atoms with E-state index in [2.05, 4.69) is 0 Å². The number of aldehydes is 1. The number of carbonyl (C=O) groups excluding carboxylic acids is 1. The first-order chi connectivity index (χ1) is 6.11. The van der Waals surface area contributed by atoms with E-state index in [0.717, 1.165) is 17.4 Å². The molecule has 0 radical (unpaired) electrons. The fourth-order valence-electron chi connectivity index (χ4n) is 0.719. The number of hydrogen-bond acceptors (Lipinski definition) is 2. The minimum Gasteiger partial charge on any atom is -0.508 e. The summed E-state index contributed by atoms with van der Waals surface area (Å²) in [5, 5.41) is 9.10. The number of aryl methyl sites for hydroxylation is 2. The van der Waals surface area contributed by atoms with Gasteiger partial charge in [0.1, 0.15) is 12.0 Å². The van der Waals surface area contributed by atoms with Crippen LogP contribution < -0.4 is 0 Å². The number of rotatable bonds is 1. The Morgan fingerprint density at radius 1 is 1.38 bits per heavy atom. The van der Waals surface area contributed by atoms with Gasteiger partial charge in [0.05, 0.1) is 0 Å². The monoisotopic (exact) mass is 180 g/mol. The Bertz CT molecular complexity index is 267. The predicted octanol–water partition coefficient (Wildman–Crippen LogP) is 2.60. The summed E-state index contributed by atoms with van der Waals surface area (Å²) >= 11 is 0. The molecule has 1 aromatic carbocycles. The van der Waals surface area contributed by atoms with Crippen molar-refractivity contribution in [2.45, 2.75) is 27.2 Å². The highest BCUT2D eigenvalue weighted by Crippen LogP contribution is 2.15. The molecule has 2 heteroatoms. The standard InChI is InChI=1S/C8H10O.C3H6O/c1-6-3-4-7(2)8(9)5-6;1-2-3-4/h3-5,9H,1-2H3;3H,2H2,1H3. The zero-order chi connectivity index (χ0) is 10.3. The van der Waals surface area contributed by atoms with Gasteiger partial charge in [-0.3, -0.25) is 0 Å². The molecule has 2 nitrogen and oxygen atoms in total. The molecule has 0 heterocycles. The Balaban J connectivity index is 0.000000310. The number of benzene rings is 1. The summed E-state index contributed by atoms with van der Waals surface area (Å²) < 4.78 is 0. The predicted molar refractivity (Wildman–Crippen MR) is 53.9 cm³/mol. The number of carbonyl (C=O) groups is 1. The Morgan fingerprint density at radius 3 is 2.23 bits per heavy atom. The largest absolute Gasteiger partial charge is 0.508 e. The van der Waals surface area contributed by atoms with Crippen molar-refractivity contribution in [3.8, 4) is 5.75 Å². The molecule has 0 saturated carbocycles. The molecule has 0 aliphatic heterocycles. The van der Waals surface area contributed by atoms with Crippen LogP contribution in [0.25, 0.3) is 0 Å². The summed E-state index contributed by atoms with van der Waals surface area (Å²) in [6.45, 7) is 5.65. The number of aromatic hydroxyl groups is 1. The van der Waals surface area contributed by atoms with Gasteiger partial charge in [-0.1, -0.05) is 19.1 Å². The smallest absolute Gasteiger partial charge is 0.119 e. The average molecular weight is 180 g/mol. The highest BCUT2D eigenvalue weighted by atomic mass is 16.3. The number of hydrogen-bond donors (Lipinski definition) is 1. The Morgan fingerprint density at radius 2 is 1.92 bits per heavy atom. The van der Waals surface area contributed by atoms with E-state index in [4.69, 9.17) is 5.11 Å². The molecule has 13 heavy (non-hydrogen) atoms. The van der Waals surface area contributed by atoms with Gasteiger partial charge in [0.2, 0.25) is 0 Å². The maximum atomic E-state index is 9.17. The van der Waals surface area contributed by atoms with Gasteiger partial charge in [-0.2, -0.15) is 0 Å². The first kappa shape index (κ1) is 11.7. The second-order valence-corrected chi connectivity index (χ2v) is 2.86. The van der Waals surface area contributed by atoms with Crippen LogP contribution in [0.4, 0.5) is 0 Å². The van der Waals surface area contributed by atoms with Crippen LogP contribution in [0.3, 0.4) is 0 Å². The van der Waals surface area contributed by atoms with Gasteiger partial charge in [-0.15, -0.1) is 0 Å². The molecule has 0 aromatic heterocycles. The highest BCUT2D eigenvalue weighted by molar-refractivity contribution is 5.48. The van der Waals surface area contributed by atoms with Gasteiger partial charge in [-0.05, 0) is 31.0 Å². The van der Waals surface area contributed by atoms with Crippen LogP contribution in [0.1, 0.15) is 24.5 Å². The third kappa shape index (κ3) is 5.01. The molecule has 0 amide bonds. The highest BCUT2D eigenvalue weighted by Gasteiger charge is 1.91. The molecule has 0 spiro atoms. The summed E-state index contributed by atoms with van der Waals surface area (Å²) in [6, 6.07) is 5.65. The van der Waals surface area contributed by atoms with Crippen LogP contribution in [-0.4, -0.2) is 11.4 Å². The SMILES string of the molecule is CCC=O.Cc1ccc(C)c(O)c1. The van der Waals surface area contributed by atoms with Gasteiger partial charge in [-0.25, -0.2) is 0 Å². The Labute approximate surface area is 79.2 Å². The molecule has 0 saturated heterocycles. The first-order valence-corrected chi connectivity index (χ1v) is 4.31. The molecular weight excluding hydrogens is 164 g/mol. The molecule has 0 bridgehead atoms. The summed E-state index contributed by atoms with van der Waals surface area (Å²) in [6.07, 6.45) is 1.51. The van der Waals surface area contributed by atoms with Crippen LogP contribution >= 0.6 is 0 Å². The van der Waals surface area contributed by atoms with E-state index < -0.39 is 0 Å². The maximum Gasteiger partial charge on any atom is 0.119 e. The number of phenols is 1. The van der Waals surface area contributed by atoms with Gasteiger partial charge in [0.25, 0.3) is 0 Å². The summed E-state index contributed by atoms with van der Waals surface area (Å²) in [7, 11) is 0. The van der Waals surface area contributed by atoms with E-state index >= 15 is 0 Å². The van der Waals surface area contributed by atoms with E-state index in [1.165, 1.54) is 0 Å². The molecule has 0 fully saturated rings. The topological polar surface area (TPSA) is 37.3 Å².